The Morgan fingerprint density at radius 2 is 1.95 bits per heavy atom. The van der Waals surface area contributed by atoms with Gasteiger partial charge < -0.3 is 5.32 Å². The minimum absolute atomic E-state index is 0.0711. The van der Waals surface area contributed by atoms with Crippen LogP contribution in [-0.4, -0.2) is 37.5 Å². The van der Waals surface area contributed by atoms with E-state index in [1.54, 1.807) is 6.20 Å². The lowest BCUT2D eigenvalue weighted by atomic mass is 10.2. The first-order chi connectivity index (χ1) is 10.1. The number of benzene rings is 1. The number of hydrogen-bond donors (Lipinski definition) is 2. The van der Waals surface area contributed by atoms with Crippen molar-refractivity contribution in [3.05, 3.63) is 53.9 Å². The molecule has 0 aliphatic heterocycles. The van der Waals surface area contributed by atoms with Gasteiger partial charge >= 0.3 is 0 Å². The number of nitrogens with one attached hydrogen (secondary N) is 2. The maximum absolute atomic E-state index is 11.3. The average molecular weight is 308 g/mol. The third kappa shape index (κ3) is 5.30. The molecule has 0 amide bonds. The average Bonchev–Trinajstić information content (AvgIpc) is 2.92. The Kier molecular flexibility index (Phi) is 5.49. The SMILES string of the molecule is CNS(=O)(=O)CCNCc1cnn(Cc2ccccc2)c1. The van der Waals surface area contributed by atoms with Crippen LogP contribution in [0.3, 0.4) is 0 Å². The largest absolute Gasteiger partial charge is 0.311 e. The van der Waals surface area contributed by atoms with Crippen LogP contribution in [0.4, 0.5) is 0 Å². The summed E-state index contributed by atoms with van der Waals surface area (Å²) in [6, 6.07) is 10.1. The van der Waals surface area contributed by atoms with E-state index in [-0.39, 0.29) is 5.75 Å². The minimum Gasteiger partial charge on any atom is -0.311 e. The molecule has 0 unspecified atom stereocenters. The monoisotopic (exact) mass is 308 g/mol. The van der Waals surface area contributed by atoms with Gasteiger partial charge in [-0.15, -0.1) is 0 Å². The van der Waals surface area contributed by atoms with Crippen molar-refractivity contribution in [2.24, 2.45) is 0 Å². The zero-order chi connectivity index (χ0) is 15.1. The first-order valence-electron chi connectivity index (χ1n) is 6.76. The molecule has 0 fully saturated rings. The summed E-state index contributed by atoms with van der Waals surface area (Å²) in [6.45, 7) is 1.75. The molecule has 7 heteroatoms. The molecule has 0 saturated heterocycles. The second kappa shape index (κ2) is 7.35. The molecule has 0 radical (unpaired) electrons. The van der Waals surface area contributed by atoms with E-state index < -0.39 is 10.0 Å². The topological polar surface area (TPSA) is 76.0 Å². The van der Waals surface area contributed by atoms with Gasteiger partial charge in [-0.3, -0.25) is 4.68 Å². The van der Waals surface area contributed by atoms with Crippen molar-refractivity contribution < 1.29 is 8.42 Å². The molecule has 6 nitrogen and oxygen atoms in total. The van der Waals surface area contributed by atoms with Gasteiger partial charge in [-0.25, -0.2) is 13.1 Å². The molecule has 21 heavy (non-hydrogen) atoms. The smallest absolute Gasteiger partial charge is 0.212 e. The molecule has 1 aromatic heterocycles. The van der Waals surface area contributed by atoms with E-state index in [4.69, 9.17) is 0 Å². The Hall–Kier alpha value is -1.70. The maximum Gasteiger partial charge on any atom is 0.212 e. The van der Waals surface area contributed by atoms with Crippen LogP contribution in [0.15, 0.2) is 42.7 Å². The highest BCUT2D eigenvalue weighted by Gasteiger charge is 2.06. The van der Waals surface area contributed by atoms with Crippen molar-refractivity contribution in [1.82, 2.24) is 19.8 Å². The Morgan fingerprint density at radius 1 is 1.19 bits per heavy atom. The fourth-order valence-corrected chi connectivity index (χ4v) is 2.51. The summed E-state index contributed by atoms with van der Waals surface area (Å²) in [7, 11) is -1.72. The van der Waals surface area contributed by atoms with E-state index in [0.29, 0.717) is 13.1 Å². The van der Waals surface area contributed by atoms with Gasteiger partial charge in [-0.2, -0.15) is 5.10 Å². The Balaban J connectivity index is 1.78. The van der Waals surface area contributed by atoms with Crippen LogP contribution in [-0.2, 0) is 23.1 Å². The highest BCUT2D eigenvalue weighted by Crippen LogP contribution is 2.03. The lowest BCUT2D eigenvalue weighted by Gasteiger charge is -2.04. The highest BCUT2D eigenvalue weighted by atomic mass is 32.2. The molecule has 0 atom stereocenters. The lowest BCUT2D eigenvalue weighted by molar-refractivity contribution is 0.583. The quantitative estimate of drug-likeness (QED) is 0.699. The molecule has 2 N–H and O–H groups in total. The van der Waals surface area contributed by atoms with Crippen LogP contribution < -0.4 is 10.0 Å². The predicted octanol–water partition coefficient (Wildman–Crippen LogP) is 0.570. The van der Waals surface area contributed by atoms with E-state index in [9.17, 15) is 8.42 Å². The zero-order valence-electron chi connectivity index (χ0n) is 12.0. The van der Waals surface area contributed by atoms with Gasteiger partial charge in [-0.1, -0.05) is 30.3 Å². The van der Waals surface area contributed by atoms with Crippen LogP contribution in [0, 0.1) is 0 Å². The summed E-state index contributed by atoms with van der Waals surface area (Å²) in [6.07, 6.45) is 3.76. The number of nitrogens with zero attached hydrogens (tertiary/aromatic N) is 2. The second-order valence-corrected chi connectivity index (χ2v) is 6.78. The van der Waals surface area contributed by atoms with Crippen molar-refractivity contribution in [2.75, 3.05) is 19.3 Å². The number of rotatable bonds is 8. The van der Waals surface area contributed by atoms with Crippen molar-refractivity contribution in [3.8, 4) is 0 Å². The Morgan fingerprint density at radius 3 is 2.67 bits per heavy atom. The van der Waals surface area contributed by atoms with E-state index in [0.717, 1.165) is 12.1 Å². The molecular weight excluding hydrogens is 288 g/mol. The van der Waals surface area contributed by atoms with E-state index >= 15 is 0 Å². The summed E-state index contributed by atoms with van der Waals surface area (Å²) >= 11 is 0. The summed E-state index contributed by atoms with van der Waals surface area (Å²) < 4.78 is 26.7. The van der Waals surface area contributed by atoms with Gasteiger partial charge in [0.25, 0.3) is 0 Å². The van der Waals surface area contributed by atoms with Gasteiger partial charge in [0.2, 0.25) is 10.0 Å². The fourth-order valence-electron chi connectivity index (χ4n) is 1.90. The van der Waals surface area contributed by atoms with Gasteiger partial charge in [0, 0.05) is 24.8 Å². The van der Waals surface area contributed by atoms with Crippen LogP contribution in [0.25, 0.3) is 0 Å². The van der Waals surface area contributed by atoms with Crippen LogP contribution in [0.5, 0.6) is 0 Å². The summed E-state index contributed by atoms with van der Waals surface area (Å²) in [5, 5.41) is 7.40. The van der Waals surface area contributed by atoms with Gasteiger partial charge in [-0.05, 0) is 12.6 Å². The van der Waals surface area contributed by atoms with Crippen molar-refractivity contribution in [1.29, 1.82) is 0 Å². The highest BCUT2D eigenvalue weighted by molar-refractivity contribution is 7.89. The normalized spacial score (nSPS) is 11.7. The Bertz CT molecular complexity index is 653. The molecule has 2 rings (SSSR count). The number of aromatic nitrogens is 2. The fraction of sp³-hybridized carbons (Fsp3) is 0.357. The molecular formula is C14H20N4O2S. The summed E-state index contributed by atoms with van der Waals surface area (Å²) in [5.74, 6) is 0.0711. The molecule has 0 aliphatic carbocycles. The maximum atomic E-state index is 11.3. The van der Waals surface area contributed by atoms with Gasteiger partial charge in [0.15, 0.2) is 0 Å². The first kappa shape index (κ1) is 15.7. The van der Waals surface area contributed by atoms with Crippen molar-refractivity contribution in [2.45, 2.75) is 13.1 Å². The predicted molar refractivity (Wildman–Crippen MR) is 82.3 cm³/mol. The molecule has 1 heterocycles. The second-order valence-electron chi connectivity index (χ2n) is 4.73. The van der Waals surface area contributed by atoms with Crippen LogP contribution >= 0.6 is 0 Å². The molecule has 0 bridgehead atoms. The minimum atomic E-state index is -3.14. The number of sulfonamides is 1. The molecule has 114 valence electrons. The van der Waals surface area contributed by atoms with E-state index in [2.05, 4.69) is 27.3 Å². The molecule has 0 aliphatic rings. The van der Waals surface area contributed by atoms with Crippen LogP contribution in [0.2, 0.25) is 0 Å². The molecule has 2 aromatic rings. The third-order valence-electron chi connectivity index (χ3n) is 3.06. The standard InChI is InChI=1S/C14H20N4O2S/c1-15-21(19,20)8-7-16-9-14-10-17-18(12-14)11-13-5-3-2-4-6-13/h2-6,10,12,15-16H,7-9,11H2,1H3. The number of hydrogen-bond acceptors (Lipinski definition) is 4. The van der Waals surface area contributed by atoms with Crippen molar-refractivity contribution >= 4 is 10.0 Å². The van der Waals surface area contributed by atoms with E-state index in [1.165, 1.54) is 12.6 Å². The Labute approximate surface area is 125 Å². The van der Waals surface area contributed by atoms with Crippen LogP contribution in [0.1, 0.15) is 11.1 Å². The van der Waals surface area contributed by atoms with Gasteiger partial charge in [0.1, 0.15) is 0 Å². The summed E-state index contributed by atoms with van der Waals surface area (Å²) in [5.41, 5.74) is 2.23. The van der Waals surface area contributed by atoms with Gasteiger partial charge in [0.05, 0.1) is 18.5 Å². The molecule has 1 aromatic carbocycles. The molecule has 0 saturated carbocycles. The first-order valence-corrected chi connectivity index (χ1v) is 8.41. The zero-order valence-corrected chi connectivity index (χ0v) is 12.8. The van der Waals surface area contributed by atoms with E-state index in [1.807, 2.05) is 29.1 Å². The third-order valence-corrected chi connectivity index (χ3v) is 4.43. The molecule has 0 spiro atoms. The summed E-state index contributed by atoms with van der Waals surface area (Å²) in [4.78, 5) is 0. The lowest BCUT2D eigenvalue weighted by Crippen LogP contribution is -2.29. The van der Waals surface area contributed by atoms with Crippen molar-refractivity contribution in [3.63, 3.8) is 0 Å².